The highest BCUT2D eigenvalue weighted by atomic mass is 19.4. The minimum Gasteiger partial charge on any atom is -0.449 e. The normalized spacial score (nSPS) is 12.4. The molecule has 2 aromatic heterocycles. The Morgan fingerprint density at radius 3 is 2.59 bits per heavy atom. The van der Waals surface area contributed by atoms with Gasteiger partial charge in [-0.15, -0.1) is 0 Å². The summed E-state index contributed by atoms with van der Waals surface area (Å²) in [5.74, 6) is -1.13. The third kappa shape index (κ3) is 4.84. The molecule has 152 valence electrons. The molecule has 1 N–H and O–H groups in total. The van der Waals surface area contributed by atoms with Crippen LogP contribution in [-0.2, 0) is 15.7 Å². The molecule has 0 radical (unpaired) electrons. The van der Waals surface area contributed by atoms with Gasteiger partial charge in [0, 0.05) is 11.6 Å². The standard InChI is InChI=1S/C19H15F3N2O5/c1-10-8-16(24-29-10)23-17(25)11(2)27-18(26)15-7-6-14(28-15)12-4-3-5-13(9-12)19(20,21)22/h3-9,11H,1-2H3,(H,23,24,25)/t11-/m0/s1. The lowest BCUT2D eigenvalue weighted by molar-refractivity contribution is -0.137. The summed E-state index contributed by atoms with van der Waals surface area (Å²) in [5, 5.41) is 6.00. The highest BCUT2D eigenvalue weighted by molar-refractivity contribution is 5.96. The maximum absolute atomic E-state index is 12.8. The second-order valence-electron chi connectivity index (χ2n) is 6.10. The van der Waals surface area contributed by atoms with Gasteiger partial charge in [0.15, 0.2) is 11.9 Å². The van der Waals surface area contributed by atoms with Crippen LogP contribution in [0.3, 0.4) is 0 Å². The molecular weight excluding hydrogens is 393 g/mol. The number of hydrogen-bond donors (Lipinski definition) is 1. The van der Waals surface area contributed by atoms with E-state index in [4.69, 9.17) is 13.7 Å². The fourth-order valence-corrected chi connectivity index (χ4v) is 2.38. The van der Waals surface area contributed by atoms with Gasteiger partial charge >= 0.3 is 12.1 Å². The van der Waals surface area contributed by atoms with Gasteiger partial charge in [0.2, 0.25) is 5.76 Å². The number of aryl methyl sites for hydroxylation is 1. The average Bonchev–Trinajstić information content (AvgIpc) is 3.30. The van der Waals surface area contributed by atoms with Crippen LogP contribution >= 0.6 is 0 Å². The van der Waals surface area contributed by atoms with Crippen molar-refractivity contribution in [3.05, 3.63) is 59.5 Å². The van der Waals surface area contributed by atoms with E-state index in [1.165, 1.54) is 37.3 Å². The van der Waals surface area contributed by atoms with Crippen LogP contribution in [0.5, 0.6) is 0 Å². The average molecular weight is 408 g/mol. The van der Waals surface area contributed by atoms with Crippen LogP contribution in [0.4, 0.5) is 19.0 Å². The van der Waals surface area contributed by atoms with Crippen LogP contribution in [0.2, 0.25) is 0 Å². The smallest absolute Gasteiger partial charge is 0.416 e. The monoisotopic (exact) mass is 408 g/mol. The summed E-state index contributed by atoms with van der Waals surface area (Å²) < 4.78 is 53.7. The van der Waals surface area contributed by atoms with Gasteiger partial charge in [-0.25, -0.2) is 4.79 Å². The molecule has 1 aromatic carbocycles. The zero-order chi connectivity index (χ0) is 21.2. The van der Waals surface area contributed by atoms with Crippen molar-refractivity contribution in [3.63, 3.8) is 0 Å². The number of rotatable bonds is 5. The number of aromatic nitrogens is 1. The fraction of sp³-hybridized carbons (Fsp3) is 0.211. The Hall–Kier alpha value is -3.56. The highest BCUT2D eigenvalue weighted by Gasteiger charge is 2.31. The van der Waals surface area contributed by atoms with Gasteiger partial charge in [0.25, 0.3) is 5.91 Å². The van der Waals surface area contributed by atoms with E-state index in [2.05, 4.69) is 10.5 Å². The first-order valence-corrected chi connectivity index (χ1v) is 8.36. The third-order valence-corrected chi connectivity index (χ3v) is 3.81. The Kier molecular flexibility index (Phi) is 5.44. The number of amides is 1. The van der Waals surface area contributed by atoms with Crippen LogP contribution in [-0.4, -0.2) is 23.1 Å². The fourth-order valence-electron chi connectivity index (χ4n) is 2.38. The summed E-state index contributed by atoms with van der Waals surface area (Å²) >= 11 is 0. The number of nitrogens with zero attached hydrogens (tertiary/aromatic N) is 1. The molecule has 0 unspecified atom stereocenters. The van der Waals surface area contributed by atoms with Crippen molar-refractivity contribution >= 4 is 17.7 Å². The molecule has 0 spiro atoms. The summed E-state index contributed by atoms with van der Waals surface area (Å²) in [6, 6.07) is 8.57. The molecule has 0 fully saturated rings. The lowest BCUT2D eigenvalue weighted by Gasteiger charge is -2.11. The molecule has 0 saturated heterocycles. The van der Waals surface area contributed by atoms with E-state index >= 15 is 0 Å². The lowest BCUT2D eigenvalue weighted by atomic mass is 10.1. The highest BCUT2D eigenvalue weighted by Crippen LogP contribution is 2.32. The first-order valence-electron chi connectivity index (χ1n) is 8.36. The van der Waals surface area contributed by atoms with Gasteiger partial charge in [0.1, 0.15) is 11.5 Å². The maximum Gasteiger partial charge on any atom is 0.416 e. The molecule has 2 heterocycles. The van der Waals surface area contributed by atoms with Gasteiger partial charge < -0.3 is 19.0 Å². The first kappa shape index (κ1) is 20.2. The van der Waals surface area contributed by atoms with Gasteiger partial charge in [-0.1, -0.05) is 17.3 Å². The van der Waals surface area contributed by atoms with Crippen LogP contribution in [0, 0.1) is 6.92 Å². The number of carbonyl (C=O) groups excluding carboxylic acids is 2. The van der Waals surface area contributed by atoms with Crippen molar-refractivity contribution < 1.29 is 36.4 Å². The Bertz CT molecular complexity index is 1040. The van der Waals surface area contributed by atoms with E-state index in [-0.39, 0.29) is 22.9 Å². The van der Waals surface area contributed by atoms with Crippen molar-refractivity contribution in [3.8, 4) is 11.3 Å². The van der Waals surface area contributed by atoms with Gasteiger partial charge in [0.05, 0.1) is 5.56 Å². The molecule has 0 aliphatic carbocycles. The van der Waals surface area contributed by atoms with Crippen molar-refractivity contribution in [2.24, 2.45) is 0 Å². The van der Waals surface area contributed by atoms with Gasteiger partial charge in [-0.2, -0.15) is 13.2 Å². The topological polar surface area (TPSA) is 94.6 Å². The number of anilines is 1. The van der Waals surface area contributed by atoms with Crippen molar-refractivity contribution in [2.45, 2.75) is 26.1 Å². The molecule has 1 amide bonds. The quantitative estimate of drug-likeness (QED) is 0.627. The Labute approximate surface area is 162 Å². The molecule has 10 heteroatoms. The summed E-state index contributed by atoms with van der Waals surface area (Å²) in [5.41, 5.74) is -0.699. The van der Waals surface area contributed by atoms with Crippen LogP contribution < -0.4 is 5.32 Å². The zero-order valence-corrected chi connectivity index (χ0v) is 15.2. The van der Waals surface area contributed by atoms with E-state index in [1.54, 1.807) is 6.92 Å². The SMILES string of the molecule is Cc1cc(NC(=O)[C@H](C)OC(=O)c2ccc(-c3cccc(C(F)(F)F)c3)o2)no1. The van der Waals surface area contributed by atoms with Crippen LogP contribution in [0.25, 0.3) is 11.3 Å². The van der Waals surface area contributed by atoms with Gasteiger partial charge in [-0.3, -0.25) is 4.79 Å². The summed E-state index contributed by atoms with van der Waals surface area (Å²) in [6.07, 6.45) is -5.68. The van der Waals surface area contributed by atoms with Crippen LogP contribution in [0.15, 0.2) is 51.4 Å². The first-order chi connectivity index (χ1) is 13.6. The summed E-state index contributed by atoms with van der Waals surface area (Å²) in [7, 11) is 0. The third-order valence-electron chi connectivity index (χ3n) is 3.81. The van der Waals surface area contributed by atoms with Crippen molar-refractivity contribution in [1.29, 1.82) is 0 Å². The Balaban J connectivity index is 1.67. The predicted octanol–water partition coefficient (Wildman–Crippen LogP) is 4.45. The molecule has 29 heavy (non-hydrogen) atoms. The van der Waals surface area contributed by atoms with E-state index < -0.39 is 29.7 Å². The molecule has 0 aliphatic rings. The zero-order valence-electron chi connectivity index (χ0n) is 15.2. The minimum absolute atomic E-state index is 0.0539. The van der Waals surface area contributed by atoms with Crippen LogP contribution in [0.1, 0.15) is 28.8 Å². The molecule has 3 rings (SSSR count). The number of hydrogen-bond acceptors (Lipinski definition) is 6. The largest absolute Gasteiger partial charge is 0.449 e. The molecule has 0 aliphatic heterocycles. The summed E-state index contributed by atoms with van der Waals surface area (Å²) in [4.78, 5) is 24.2. The molecule has 0 bridgehead atoms. The van der Waals surface area contributed by atoms with Gasteiger partial charge in [-0.05, 0) is 38.1 Å². The second-order valence-corrected chi connectivity index (χ2v) is 6.10. The lowest BCUT2D eigenvalue weighted by Crippen LogP contribution is -2.30. The predicted molar refractivity (Wildman–Crippen MR) is 93.9 cm³/mol. The molecular formula is C19H15F3N2O5. The number of nitrogens with one attached hydrogen (secondary N) is 1. The number of ether oxygens (including phenoxy) is 1. The van der Waals surface area contributed by atoms with E-state index in [9.17, 15) is 22.8 Å². The molecule has 3 aromatic rings. The number of furan rings is 1. The minimum atomic E-state index is -4.50. The van der Waals surface area contributed by atoms with E-state index in [0.717, 1.165) is 12.1 Å². The maximum atomic E-state index is 12.8. The van der Waals surface area contributed by atoms with E-state index in [1.807, 2.05) is 0 Å². The number of alkyl halides is 3. The molecule has 1 atom stereocenters. The summed E-state index contributed by atoms with van der Waals surface area (Å²) in [6.45, 7) is 2.99. The van der Waals surface area contributed by atoms with Crippen molar-refractivity contribution in [1.82, 2.24) is 5.16 Å². The number of carbonyl (C=O) groups is 2. The molecule has 0 saturated carbocycles. The number of benzene rings is 1. The Morgan fingerprint density at radius 2 is 1.93 bits per heavy atom. The Morgan fingerprint density at radius 1 is 1.17 bits per heavy atom. The number of esters is 1. The number of halogens is 3. The van der Waals surface area contributed by atoms with Crippen molar-refractivity contribution in [2.75, 3.05) is 5.32 Å². The second kappa shape index (κ2) is 7.82. The molecule has 7 nitrogen and oxygen atoms in total. The van der Waals surface area contributed by atoms with E-state index in [0.29, 0.717) is 5.76 Å².